The number of aromatic nitrogens is 1. The minimum atomic E-state index is -1.06. The molecule has 0 saturated carbocycles. The summed E-state index contributed by atoms with van der Waals surface area (Å²) in [6, 6.07) is 4.58. The Morgan fingerprint density at radius 2 is 1.71 bits per heavy atom. The van der Waals surface area contributed by atoms with E-state index in [0.717, 1.165) is 42.7 Å². The number of aromatic hydroxyl groups is 1. The second-order valence-electron chi connectivity index (χ2n) is 13.6. The van der Waals surface area contributed by atoms with Crippen LogP contribution in [0.25, 0.3) is 0 Å². The number of nitrogens with one attached hydrogen (secondary N) is 3. The summed E-state index contributed by atoms with van der Waals surface area (Å²) >= 11 is 1.13. The van der Waals surface area contributed by atoms with E-state index >= 15 is 0 Å². The van der Waals surface area contributed by atoms with E-state index in [-0.39, 0.29) is 54.0 Å². The van der Waals surface area contributed by atoms with E-state index in [4.69, 9.17) is 0 Å². The van der Waals surface area contributed by atoms with E-state index in [9.17, 15) is 34.5 Å². The van der Waals surface area contributed by atoms with E-state index in [0.29, 0.717) is 17.8 Å². The van der Waals surface area contributed by atoms with Crippen LogP contribution in [0, 0.1) is 17.8 Å². The number of likely N-dealkylation sites (N-methyl/N-ethyl adjacent to an activating group) is 1. The van der Waals surface area contributed by atoms with Gasteiger partial charge in [-0.1, -0.05) is 59.6 Å². The quantitative estimate of drug-likeness (QED) is 0.144. The first-order valence-corrected chi connectivity index (χ1v) is 17.8. The third-order valence-corrected chi connectivity index (χ3v) is 10.3. The van der Waals surface area contributed by atoms with Gasteiger partial charge in [0, 0.05) is 23.9 Å². The lowest BCUT2D eigenvalue weighted by Crippen LogP contribution is -2.57. The number of rotatable bonds is 17. The summed E-state index contributed by atoms with van der Waals surface area (Å²) in [7, 11) is 1.93. The predicted octanol–water partition coefficient (Wildman–Crippen LogP) is 3.88. The molecule has 0 bridgehead atoms. The number of aliphatic carboxylic acids is 1. The molecule has 12 nitrogen and oxygen atoms in total. The molecule has 1 aromatic heterocycles. The highest BCUT2D eigenvalue weighted by molar-refractivity contribution is 7.09. The Hall–Kier alpha value is -3.55. The van der Waals surface area contributed by atoms with Crippen LogP contribution in [0.2, 0.25) is 0 Å². The number of amides is 3. The van der Waals surface area contributed by atoms with Crippen LogP contribution in [0.4, 0.5) is 0 Å². The molecule has 7 atom stereocenters. The Kier molecular flexibility index (Phi) is 14.8. The molecule has 1 aliphatic heterocycles. The number of carbonyl (C=O) groups is 4. The van der Waals surface area contributed by atoms with Gasteiger partial charge in [0.15, 0.2) is 0 Å². The number of piperidine rings is 1. The van der Waals surface area contributed by atoms with Gasteiger partial charge < -0.3 is 31.3 Å². The summed E-state index contributed by atoms with van der Waals surface area (Å²) in [5.41, 5.74) is 0.924. The maximum Gasteiger partial charge on any atom is 0.306 e. The zero-order valence-corrected chi connectivity index (χ0v) is 29.8. The highest BCUT2D eigenvalue weighted by Crippen LogP contribution is 2.26. The first-order chi connectivity index (χ1) is 22.7. The lowest BCUT2D eigenvalue weighted by molar-refractivity contribution is -0.141. The van der Waals surface area contributed by atoms with E-state index in [1.807, 2.05) is 39.6 Å². The maximum atomic E-state index is 13.6. The van der Waals surface area contributed by atoms with Crippen LogP contribution in [0.5, 0.6) is 5.75 Å². The molecule has 2 heterocycles. The van der Waals surface area contributed by atoms with Crippen LogP contribution in [-0.4, -0.2) is 86.7 Å². The number of hydrogen-bond acceptors (Lipinski definition) is 9. The summed E-state index contributed by atoms with van der Waals surface area (Å²) in [5.74, 6) is -2.64. The van der Waals surface area contributed by atoms with Crippen LogP contribution in [0.15, 0.2) is 29.6 Å². The van der Waals surface area contributed by atoms with Gasteiger partial charge in [0.05, 0.1) is 12.0 Å². The molecule has 48 heavy (non-hydrogen) atoms. The Morgan fingerprint density at radius 3 is 2.31 bits per heavy atom. The molecule has 13 heteroatoms. The molecular weight excluding hydrogens is 634 g/mol. The van der Waals surface area contributed by atoms with Gasteiger partial charge in [0.1, 0.15) is 28.6 Å². The second kappa shape index (κ2) is 18.3. The van der Waals surface area contributed by atoms with Crippen molar-refractivity contribution in [3.8, 4) is 5.75 Å². The fourth-order valence-corrected chi connectivity index (χ4v) is 6.71. The molecule has 6 N–H and O–H groups in total. The Labute approximate surface area is 287 Å². The van der Waals surface area contributed by atoms with Crippen molar-refractivity contribution >= 4 is 35.0 Å². The maximum absolute atomic E-state index is 13.6. The standard InChI is InChI=1S/C35H53N5O7S/c1-7-21(4)30(39-32(44)28-10-8-9-15-40(28)6)33(45)37-26(20(2)3)18-29(42)34-38-27(19-48-34)31(43)36-24(16-22(5)35(46)47)17-23-11-13-25(41)14-12-23/h11-14,19-22,24,26,28-30,41-42H,7-10,15-18H2,1-6H3,(H,36,43)(H,37,45)(H,39,44)(H,46,47)/t21-,22-,24+,26+,28+,29+,30-/m0/s1. The number of phenolic OH excluding ortho intramolecular Hbond substituents is 1. The molecule has 0 aliphatic carbocycles. The fourth-order valence-electron chi connectivity index (χ4n) is 5.91. The van der Waals surface area contributed by atoms with Gasteiger partial charge >= 0.3 is 5.97 Å². The molecule has 0 unspecified atom stereocenters. The number of thiazole rings is 1. The third kappa shape index (κ3) is 11.3. The number of nitrogens with zero attached hydrogens (tertiary/aromatic N) is 2. The smallest absolute Gasteiger partial charge is 0.306 e. The number of benzene rings is 1. The van der Waals surface area contributed by atoms with Crippen LogP contribution in [0.1, 0.15) is 100 Å². The Morgan fingerprint density at radius 1 is 1.02 bits per heavy atom. The number of likely N-dealkylation sites (tertiary alicyclic amines) is 1. The van der Waals surface area contributed by atoms with Gasteiger partial charge in [-0.3, -0.25) is 24.1 Å². The first-order valence-electron chi connectivity index (χ1n) is 17.0. The van der Waals surface area contributed by atoms with Crippen molar-refractivity contribution in [2.45, 2.75) is 110 Å². The van der Waals surface area contributed by atoms with E-state index in [1.165, 1.54) is 12.1 Å². The van der Waals surface area contributed by atoms with E-state index < -0.39 is 42.0 Å². The molecule has 0 radical (unpaired) electrons. The molecule has 3 amide bonds. The van der Waals surface area contributed by atoms with Crippen molar-refractivity contribution in [2.75, 3.05) is 13.6 Å². The van der Waals surface area contributed by atoms with Gasteiger partial charge in [-0.2, -0.15) is 0 Å². The summed E-state index contributed by atoms with van der Waals surface area (Å²) in [6.45, 7) is 10.2. The van der Waals surface area contributed by atoms with Crippen molar-refractivity contribution in [1.29, 1.82) is 0 Å². The number of carboxylic acid groups (broad SMARTS) is 1. The lowest BCUT2D eigenvalue weighted by atomic mass is 9.94. The van der Waals surface area contributed by atoms with E-state index in [1.54, 1.807) is 24.4 Å². The van der Waals surface area contributed by atoms with Crippen molar-refractivity contribution < 1.29 is 34.5 Å². The third-order valence-electron chi connectivity index (χ3n) is 9.33. The zero-order chi connectivity index (χ0) is 35.5. The Balaban J connectivity index is 1.67. The average molecular weight is 688 g/mol. The molecule has 1 saturated heterocycles. The monoisotopic (exact) mass is 687 g/mol. The van der Waals surface area contributed by atoms with Gasteiger partial charge in [-0.15, -0.1) is 11.3 Å². The summed E-state index contributed by atoms with van der Waals surface area (Å²) in [6.07, 6.45) is 3.12. The molecule has 0 spiro atoms. The molecule has 1 fully saturated rings. The summed E-state index contributed by atoms with van der Waals surface area (Å²) < 4.78 is 0. The fraction of sp³-hybridized carbons (Fsp3) is 0.629. The highest BCUT2D eigenvalue weighted by Gasteiger charge is 2.34. The predicted molar refractivity (Wildman–Crippen MR) is 185 cm³/mol. The summed E-state index contributed by atoms with van der Waals surface area (Å²) in [4.78, 5) is 58.0. The minimum absolute atomic E-state index is 0.0408. The molecule has 3 rings (SSSR count). The summed E-state index contributed by atoms with van der Waals surface area (Å²) in [5, 5.41) is 41.1. The molecular formula is C35H53N5O7S. The number of carbonyl (C=O) groups excluding carboxylic acids is 3. The molecule has 1 aromatic carbocycles. The van der Waals surface area contributed by atoms with Gasteiger partial charge in [-0.05, 0) is 68.8 Å². The average Bonchev–Trinajstić information content (AvgIpc) is 3.55. The Bertz CT molecular complexity index is 1370. The lowest BCUT2D eigenvalue weighted by Gasteiger charge is -2.34. The highest BCUT2D eigenvalue weighted by atomic mass is 32.1. The normalized spacial score (nSPS) is 19.0. The number of hydrogen-bond donors (Lipinski definition) is 6. The van der Waals surface area contributed by atoms with Crippen molar-refractivity contribution in [3.05, 3.63) is 45.9 Å². The van der Waals surface area contributed by atoms with Crippen molar-refractivity contribution in [2.24, 2.45) is 17.8 Å². The number of aliphatic hydroxyl groups excluding tert-OH is 1. The van der Waals surface area contributed by atoms with Gasteiger partial charge in [0.25, 0.3) is 5.91 Å². The van der Waals surface area contributed by atoms with Crippen molar-refractivity contribution in [3.63, 3.8) is 0 Å². The zero-order valence-electron chi connectivity index (χ0n) is 28.9. The minimum Gasteiger partial charge on any atom is -0.508 e. The van der Waals surface area contributed by atoms with Crippen LogP contribution < -0.4 is 16.0 Å². The number of aliphatic hydroxyl groups is 1. The van der Waals surface area contributed by atoms with E-state index in [2.05, 4.69) is 20.9 Å². The molecule has 2 aromatic rings. The van der Waals surface area contributed by atoms with Crippen LogP contribution in [0.3, 0.4) is 0 Å². The molecule has 266 valence electrons. The number of phenols is 1. The van der Waals surface area contributed by atoms with Crippen LogP contribution >= 0.6 is 11.3 Å². The largest absolute Gasteiger partial charge is 0.508 e. The van der Waals surface area contributed by atoms with Gasteiger partial charge in [-0.25, -0.2) is 4.98 Å². The van der Waals surface area contributed by atoms with Gasteiger partial charge in [0.2, 0.25) is 11.8 Å². The van der Waals surface area contributed by atoms with Crippen molar-refractivity contribution in [1.82, 2.24) is 25.8 Å². The topological polar surface area (TPSA) is 181 Å². The number of carboxylic acids is 1. The second-order valence-corrected chi connectivity index (χ2v) is 14.5. The SMILES string of the molecule is CC[C@H](C)[C@H](NC(=O)[C@H]1CCCCN1C)C(=O)N[C@H](C[C@@H](O)c1nc(C(=O)N[C@@H](Cc2ccc(O)cc2)C[C@H](C)C(=O)O)cs1)C(C)C. The first kappa shape index (κ1) is 38.9. The van der Waals surface area contributed by atoms with Crippen LogP contribution in [-0.2, 0) is 20.8 Å². The molecule has 1 aliphatic rings.